The highest BCUT2D eigenvalue weighted by atomic mass is 35.5. The molecule has 0 bridgehead atoms. The summed E-state index contributed by atoms with van der Waals surface area (Å²) < 4.78 is 3.20. The maximum Gasteiger partial charge on any atom is 0.265 e. The highest BCUT2D eigenvalue weighted by Crippen LogP contribution is 2.33. The maximum absolute atomic E-state index is 13.2. The Morgan fingerprint density at radius 2 is 2.10 bits per heavy atom. The van der Waals surface area contributed by atoms with Gasteiger partial charge in [-0.05, 0) is 30.3 Å². The Balaban J connectivity index is 1.47. The maximum atomic E-state index is 13.2. The van der Waals surface area contributed by atoms with Crippen molar-refractivity contribution in [2.45, 2.75) is 17.6 Å². The summed E-state index contributed by atoms with van der Waals surface area (Å²) in [6, 6.07) is 10.4. The van der Waals surface area contributed by atoms with Gasteiger partial charge in [0.2, 0.25) is 5.91 Å². The Kier molecular flexibility index (Phi) is 4.76. The third kappa shape index (κ3) is 3.35. The molecular formula is C20H15ClN6O2S. The molecule has 8 nitrogen and oxygen atoms in total. The molecule has 1 amide bonds. The van der Waals surface area contributed by atoms with E-state index in [9.17, 15) is 9.59 Å². The number of halogens is 1. The second kappa shape index (κ2) is 7.58. The summed E-state index contributed by atoms with van der Waals surface area (Å²) in [5.41, 5.74) is 1.67. The Labute approximate surface area is 179 Å². The van der Waals surface area contributed by atoms with Crippen molar-refractivity contribution in [3.05, 3.63) is 70.4 Å². The lowest BCUT2D eigenvalue weighted by atomic mass is 10.2. The van der Waals surface area contributed by atoms with E-state index < -0.39 is 0 Å². The van der Waals surface area contributed by atoms with Crippen molar-refractivity contribution in [3.63, 3.8) is 0 Å². The van der Waals surface area contributed by atoms with Crippen LogP contribution in [-0.2, 0) is 4.79 Å². The fourth-order valence-corrected chi connectivity index (χ4v) is 4.75. The van der Waals surface area contributed by atoms with E-state index >= 15 is 0 Å². The molecule has 1 N–H and O–H groups in total. The van der Waals surface area contributed by atoms with Crippen LogP contribution in [0.5, 0.6) is 0 Å². The number of aromatic nitrogens is 5. The van der Waals surface area contributed by atoms with E-state index in [4.69, 9.17) is 11.6 Å². The molecule has 3 aromatic heterocycles. The zero-order valence-corrected chi connectivity index (χ0v) is 17.1. The molecule has 1 aliphatic rings. The summed E-state index contributed by atoms with van der Waals surface area (Å²) in [4.78, 5) is 34.2. The number of amides is 1. The molecule has 4 heterocycles. The number of fused-ring (bicyclic) bond motifs is 2. The number of hydrogen-bond donors (Lipinski definition) is 1. The average molecular weight is 439 g/mol. The Morgan fingerprint density at radius 3 is 2.90 bits per heavy atom. The van der Waals surface area contributed by atoms with Crippen LogP contribution in [0.2, 0.25) is 5.02 Å². The minimum absolute atomic E-state index is 0.165. The van der Waals surface area contributed by atoms with Crippen LogP contribution in [0, 0.1) is 0 Å². The molecule has 0 saturated heterocycles. The van der Waals surface area contributed by atoms with Crippen LogP contribution in [0.15, 0.2) is 64.9 Å². The van der Waals surface area contributed by atoms with Crippen LogP contribution in [0.4, 0.5) is 5.69 Å². The number of carbonyl (C=O) groups is 1. The fourth-order valence-electron chi connectivity index (χ4n) is 3.44. The molecule has 4 aromatic rings. The lowest BCUT2D eigenvalue weighted by Gasteiger charge is -2.13. The largest absolute Gasteiger partial charge is 0.326 e. The smallest absolute Gasteiger partial charge is 0.265 e. The monoisotopic (exact) mass is 438 g/mol. The third-order valence-electron chi connectivity index (χ3n) is 4.81. The van der Waals surface area contributed by atoms with Crippen LogP contribution < -0.4 is 10.9 Å². The summed E-state index contributed by atoms with van der Waals surface area (Å²) in [6.07, 6.45) is 4.91. The van der Waals surface area contributed by atoms with Gasteiger partial charge in [0.25, 0.3) is 5.56 Å². The molecule has 0 spiro atoms. The van der Waals surface area contributed by atoms with E-state index in [1.165, 1.54) is 18.0 Å². The molecule has 0 saturated carbocycles. The Bertz CT molecular complexity index is 1320. The molecule has 30 heavy (non-hydrogen) atoms. The zero-order chi connectivity index (χ0) is 20.7. The molecule has 1 aliphatic heterocycles. The first-order valence-electron chi connectivity index (χ1n) is 9.19. The lowest BCUT2D eigenvalue weighted by molar-refractivity contribution is -0.116. The standard InChI is InChI=1S/C20H15ClN6O2S/c21-12-2-1-3-14(8-12)27-18-16(10-23-27)19(29)26-15(11-30-20(26)25-18)9-17(28)24-13-4-6-22-7-5-13/h1-8,10,15H,9,11H2,(H,22,24,28)/t15-/m1/s1. The van der Waals surface area contributed by atoms with Crippen molar-refractivity contribution in [2.75, 3.05) is 11.1 Å². The van der Waals surface area contributed by atoms with Gasteiger partial charge in [-0.15, -0.1) is 0 Å². The summed E-state index contributed by atoms with van der Waals surface area (Å²) in [5, 5.41) is 8.73. The number of nitrogens with zero attached hydrogens (tertiary/aromatic N) is 5. The van der Waals surface area contributed by atoms with Gasteiger partial charge in [-0.2, -0.15) is 5.10 Å². The minimum atomic E-state index is -0.272. The first-order chi connectivity index (χ1) is 14.6. The SMILES string of the molecule is O=C(C[C@@H]1CSc2nc3c(cnn3-c3cccc(Cl)c3)c(=O)n21)Nc1ccncc1. The summed E-state index contributed by atoms with van der Waals surface area (Å²) in [7, 11) is 0. The summed E-state index contributed by atoms with van der Waals surface area (Å²) in [6.45, 7) is 0. The number of carbonyl (C=O) groups excluding carboxylic acids is 1. The molecule has 0 aliphatic carbocycles. The number of thioether (sulfide) groups is 1. The first-order valence-corrected chi connectivity index (χ1v) is 10.6. The molecule has 10 heteroatoms. The highest BCUT2D eigenvalue weighted by Gasteiger charge is 2.29. The quantitative estimate of drug-likeness (QED) is 0.491. The molecule has 150 valence electrons. The van der Waals surface area contributed by atoms with Crippen molar-refractivity contribution in [1.82, 2.24) is 24.3 Å². The number of nitrogens with one attached hydrogen (secondary N) is 1. The number of pyridine rings is 1. The molecule has 0 fully saturated rings. The number of hydrogen-bond acceptors (Lipinski definition) is 6. The van der Waals surface area contributed by atoms with Crippen molar-refractivity contribution >= 4 is 46.0 Å². The second-order valence-electron chi connectivity index (χ2n) is 6.80. The zero-order valence-electron chi connectivity index (χ0n) is 15.5. The molecule has 0 unspecified atom stereocenters. The van der Waals surface area contributed by atoms with Gasteiger partial charge in [0.1, 0.15) is 5.39 Å². The van der Waals surface area contributed by atoms with Crippen LogP contribution in [0.3, 0.4) is 0 Å². The molecule has 5 rings (SSSR count). The topological polar surface area (TPSA) is 94.7 Å². The lowest BCUT2D eigenvalue weighted by Crippen LogP contribution is -2.27. The van der Waals surface area contributed by atoms with Crippen LogP contribution in [0.1, 0.15) is 12.5 Å². The van der Waals surface area contributed by atoms with E-state index in [1.807, 2.05) is 12.1 Å². The molecule has 0 radical (unpaired) electrons. The van der Waals surface area contributed by atoms with Gasteiger partial charge >= 0.3 is 0 Å². The van der Waals surface area contributed by atoms with Crippen LogP contribution in [-0.4, -0.2) is 36.0 Å². The summed E-state index contributed by atoms with van der Waals surface area (Å²) >= 11 is 7.55. The number of benzene rings is 1. The van der Waals surface area contributed by atoms with Gasteiger partial charge in [-0.3, -0.25) is 19.1 Å². The van der Waals surface area contributed by atoms with E-state index in [1.54, 1.807) is 45.9 Å². The fraction of sp³-hybridized carbons (Fsp3) is 0.150. The van der Waals surface area contributed by atoms with Gasteiger partial charge in [0, 0.05) is 35.3 Å². The van der Waals surface area contributed by atoms with Gasteiger partial charge in [-0.25, -0.2) is 9.67 Å². The van der Waals surface area contributed by atoms with Gasteiger partial charge < -0.3 is 5.32 Å². The second-order valence-corrected chi connectivity index (χ2v) is 8.22. The van der Waals surface area contributed by atoms with Crippen LogP contribution >= 0.6 is 23.4 Å². The molecule has 1 atom stereocenters. The normalized spacial score (nSPS) is 15.3. The van der Waals surface area contributed by atoms with Crippen molar-refractivity contribution < 1.29 is 4.79 Å². The van der Waals surface area contributed by atoms with E-state index in [-0.39, 0.29) is 23.9 Å². The Morgan fingerprint density at radius 1 is 1.27 bits per heavy atom. The average Bonchev–Trinajstić information content (AvgIpc) is 3.34. The highest BCUT2D eigenvalue weighted by molar-refractivity contribution is 7.99. The summed E-state index contributed by atoms with van der Waals surface area (Å²) in [5.74, 6) is 0.435. The van der Waals surface area contributed by atoms with Crippen molar-refractivity contribution in [1.29, 1.82) is 0 Å². The van der Waals surface area contributed by atoms with Gasteiger partial charge in [-0.1, -0.05) is 29.4 Å². The molecule has 1 aromatic carbocycles. The third-order valence-corrected chi connectivity index (χ3v) is 6.14. The predicted molar refractivity (Wildman–Crippen MR) is 115 cm³/mol. The van der Waals surface area contributed by atoms with Gasteiger partial charge in [0.15, 0.2) is 10.8 Å². The molecular weight excluding hydrogens is 424 g/mol. The van der Waals surface area contributed by atoms with E-state index in [0.29, 0.717) is 32.7 Å². The van der Waals surface area contributed by atoms with Gasteiger partial charge in [0.05, 0.1) is 17.9 Å². The van der Waals surface area contributed by atoms with Crippen molar-refractivity contribution in [3.8, 4) is 5.69 Å². The van der Waals surface area contributed by atoms with E-state index in [0.717, 1.165) is 5.69 Å². The number of rotatable bonds is 4. The van der Waals surface area contributed by atoms with E-state index in [2.05, 4.69) is 20.4 Å². The predicted octanol–water partition coefficient (Wildman–Crippen LogP) is 3.31. The Hall–Kier alpha value is -3.17. The van der Waals surface area contributed by atoms with Crippen molar-refractivity contribution in [2.24, 2.45) is 0 Å². The van der Waals surface area contributed by atoms with Crippen LogP contribution in [0.25, 0.3) is 16.7 Å². The first kappa shape index (κ1) is 18.8. The number of anilines is 1. The minimum Gasteiger partial charge on any atom is -0.326 e.